The second kappa shape index (κ2) is 6.42. The molecule has 0 fully saturated rings. The molecule has 0 saturated heterocycles. The van der Waals surface area contributed by atoms with Crippen molar-refractivity contribution in [2.24, 2.45) is 0 Å². The van der Waals surface area contributed by atoms with Crippen molar-refractivity contribution in [2.75, 3.05) is 5.32 Å². The van der Waals surface area contributed by atoms with Crippen molar-refractivity contribution in [2.45, 2.75) is 12.7 Å². The fourth-order valence-electron chi connectivity index (χ4n) is 2.27. The number of nitrogens with one attached hydrogen (secondary N) is 3. The van der Waals surface area contributed by atoms with Crippen molar-refractivity contribution in [3.63, 3.8) is 0 Å². The van der Waals surface area contributed by atoms with E-state index in [0.717, 1.165) is 12.1 Å². The molecule has 0 radical (unpaired) electrons. The molecule has 9 heteroatoms. The van der Waals surface area contributed by atoms with Gasteiger partial charge in [0.2, 0.25) is 0 Å². The summed E-state index contributed by atoms with van der Waals surface area (Å²) in [6, 6.07) is 6.38. The number of urea groups is 1. The monoisotopic (exact) mass is 352 g/mol. The summed E-state index contributed by atoms with van der Waals surface area (Å²) in [5.41, 5.74) is 0.232. The SMILES string of the molecule is O=C(NCc1ccc(C(F)(F)F)cc1)Nc1c(F)ccc2[nH]ncc12. The minimum Gasteiger partial charge on any atom is -0.334 e. The predicted molar refractivity (Wildman–Crippen MR) is 83.4 cm³/mol. The summed E-state index contributed by atoms with van der Waals surface area (Å²) < 4.78 is 51.4. The van der Waals surface area contributed by atoms with E-state index in [-0.39, 0.29) is 12.2 Å². The first kappa shape index (κ1) is 16.7. The summed E-state index contributed by atoms with van der Waals surface area (Å²) in [5.74, 6) is -0.626. The molecule has 0 aliphatic carbocycles. The standard InChI is InChI=1S/C16H12F4N4O/c17-12-5-6-13-11(8-22-24-13)14(12)23-15(25)21-7-9-1-3-10(4-2-9)16(18,19)20/h1-6,8H,7H2,(H,22,24)(H2,21,23,25). The number of benzene rings is 2. The highest BCUT2D eigenvalue weighted by molar-refractivity contribution is 6.00. The number of alkyl halides is 3. The summed E-state index contributed by atoms with van der Waals surface area (Å²) in [6.07, 6.45) is -3.03. The van der Waals surface area contributed by atoms with Crippen LogP contribution in [0.5, 0.6) is 0 Å². The minimum atomic E-state index is -4.41. The maximum Gasteiger partial charge on any atom is 0.416 e. The maximum absolute atomic E-state index is 13.9. The summed E-state index contributed by atoms with van der Waals surface area (Å²) in [7, 11) is 0. The zero-order valence-corrected chi connectivity index (χ0v) is 12.6. The van der Waals surface area contributed by atoms with Crippen LogP contribution in [0.25, 0.3) is 10.9 Å². The molecule has 0 aliphatic heterocycles. The molecule has 0 saturated carbocycles. The van der Waals surface area contributed by atoms with E-state index in [1.54, 1.807) is 0 Å². The molecule has 0 spiro atoms. The van der Waals surface area contributed by atoms with E-state index >= 15 is 0 Å². The molecule has 0 unspecified atom stereocenters. The molecule has 3 N–H and O–H groups in total. The number of hydrogen-bond acceptors (Lipinski definition) is 2. The summed E-state index contributed by atoms with van der Waals surface area (Å²) in [4.78, 5) is 11.9. The second-order valence-corrected chi connectivity index (χ2v) is 5.26. The highest BCUT2D eigenvalue weighted by atomic mass is 19.4. The van der Waals surface area contributed by atoms with Crippen molar-refractivity contribution in [1.29, 1.82) is 0 Å². The maximum atomic E-state index is 13.9. The Bertz CT molecular complexity index is 903. The predicted octanol–water partition coefficient (Wildman–Crippen LogP) is 4.04. The first-order valence-electron chi connectivity index (χ1n) is 7.17. The molecule has 0 aliphatic rings. The van der Waals surface area contributed by atoms with Gasteiger partial charge in [0.05, 0.1) is 23.0 Å². The van der Waals surface area contributed by atoms with Crippen LogP contribution in [0, 0.1) is 5.82 Å². The topological polar surface area (TPSA) is 69.8 Å². The Labute approximate surface area is 139 Å². The lowest BCUT2D eigenvalue weighted by molar-refractivity contribution is -0.137. The lowest BCUT2D eigenvalue weighted by Crippen LogP contribution is -2.28. The number of carbonyl (C=O) groups excluding carboxylic acids is 1. The van der Waals surface area contributed by atoms with Gasteiger partial charge >= 0.3 is 12.2 Å². The largest absolute Gasteiger partial charge is 0.416 e. The van der Waals surface area contributed by atoms with E-state index in [2.05, 4.69) is 20.8 Å². The van der Waals surface area contributed by atoms with Crippen LogP contribution in [-0.4, -0.2) is 16.2 Å². The second-order valence-electron chi connectivity index (χ2n) is 5.26. The Morgan fingerprint density at radius 1 is 1.12 bits per heavy atom. The molecule has 0 atom stereocenters. The number of nitrogens with zero attached hydrogens (tertiary/aromatic N) is 1. The molecule has 5 nitrogen and oxygen atoms in total. The Balaban J connectivity index is 1.65. The highest BCUT2D eigenvalue weighted by Crippen LogP contribution is 2.29. The molecule has 3 rings (SSSR count). The fraction of sp³-hybridized carbons (Fsp3) is 0.125. The Kier molecular flexibility index (Phi) is 4.30. The first-order chi connectivity index (χ1) is 11.8. The van der Waals surface area contributed by atoms with Gasteiger partial charge in [0.15, 0.2) is 0 Å². The van der Waals surface area contributed by atoms with Crippen molar-refractivity contribution < 1.29 is 22.4 Å². The number of amides is 2. The van der Waals surface area contributed by atoms with Crippen LogP contribution in [0.1, 0.15) is 11.1 Å². The zero-order valence-electron chi connectivity index (χ0n) is 12.6. The van der Waals surface area contributed by atoms with Gasteiger partial charge in [-0.15, -0.1) is 0 Å². The average molecular weight is 352 g/mol. The molecular weight excluding hydrogens is 340 g/mol. The fourth-order valence-corrected chi connectivity index (χ4v) is 2.27. The average Bonchev–Trinajstić information content (AvgIpc) is 3.04. The van der Waals surface area contributed by atoms with Gasteiger partial charge < -0.3 is 10.6 Å². The van der Waals surface area contributed by atoms with Crippen LogP contribution >= 0.6 is 0 Å². The number of H-pyrrole nitrogens is 1. The molecule has 130 valence electrons. The highest BCUT2D eigenvalue weighted by Gasteiger charge is 2.29. The molecular formula is C16H12F4N4O. The van der Waals surface area contributed by atoms with Crippen LogP contribution in [0.2, 0.25) is 0 Å². The third-order valence-corrected chi connectivity index (χ3v) is 3.55. The number of rotatable bonds is 3. The van der Waals surface area contributed by atoms with Crippen molar-refractivity contribution in [1.82, 2.24) is 15.5 Å². The number of aromatic amines is 1. The van der Waals surface area contributed by atoms with Gasteiger partial charge in [-0.3, -0.25) is 5.10 Å². The smallest absolute Gasteiger partial charge is 0.334 e. The first-order valence-corrected chi connectivity index (χ1v) is 7.17. The molecule has 25 heavy (non-hydrogen) atoms. The van der Waals surface area contributed by atoms with Gasteiger partial charge in [0, 0.05) is 11.9 Å². The van der Waals surface area contributed by atoms with Gasteiger partial charge in [-0.2, -0.15) is 18.3 Å². The van der Waals surface area contributed by atoms with E-state index in [4.69, 9.17) is 0 Å². The minimum absolute atomic E-state index is 0.00699. The van der Waals surface area contributed by atoms with Gasteiger partial charge in [0.25, 0.3) is 0 Å². The summed E-state index contributed by atoms with van der Waals surface area (Å²) >= 11 is 0. The molecule has 2 aromatic carbocycles. The number of anilines is 1. The van der Waals surface area contributed by atoms with E-state index in [1.807, 2.05) is 0 Å². The van der Waals surface area contributed by atoms with Crippen LogP contribution in [-0.2, 0) is 12.7 Å². The quantitative estimate of drug-likeness (QED) is 0.623. The van der Waals surface area contributed by atoms with E-state index < -0.39 is 23.6 Å². The number of carbonyl (C=O) groups is 1. The summed E-state index contributed by atoms with van der Waals surface area (Å²) in [6.45, 7) is -0.00699. The van der Waals surface area contributed by atoms with Crippen LogP contribution in [0.3, 0.4) is 0 Å². The third kappa shape index (κ3) is 3.70. The molecule has 2 amide bonds. The number of hydrogen-bond donors (Lipinski definition) is 3. The lowest BCUT2D eigenvalue weighted by atomic mass is 10.1. The van der Waals surface area contributed by atoms with Gasteiger partial charge in [0.1, 0.15) is 5.82 Å². The van der Waals surface area contributed by atoms with E-state index in [9.17, 15) is 22.4 Å². The van der Waals surface area contributed by atoms with Gasteiger partial charge in [-0.1, -0.05) is 12.1 Å². The van der Waals surface area contributed by atoms with Crippen LogP contribution < -0.4 is 10.6 Å². The van der Waals surface area contributed by atoms with Gasteiger partial charge in [-0.05, 0) is 29.8 Å². The Morgan fingerprint density at radius 2 is 1.84 bits per heavy atom. The number of aromatic nitrogens is 2. The molecule has 3 aromatic rings. The van der Waals surface area contributed by atoms with E-state index in [0.29, 0.717) is 16.5 Å². The van der Waals surface area contributed by atoms with E-state index in [1.165, 1.54) is 30.5 Å². The third-order valence-electron chi connectivity index (χ3n) is 3.55. The lowest BCUT2D eigenvalue weighted by Gasteiger charge is -2.10. The van der Waals surface area contributed by atoms with Crippen molar-refractivity contribution in [3.05, 3.63) is 59.5 Å². The van der Waals surface area contributed by atoms with Crippen molar-refractivity contribution >= 4 is 22.6 Å². The summed E-state index contributed by atoms with van der Waals surface area (Å²) in [5, 5.41) is 11.7. The number of halogens is 4. The Hall–Kier alpha value is -3.10. The number of fused-ring (bicyclic) bond motifs is 1. The zero-order chi connectivity index (χ0) is 18.0. The molecule has 1 aromatic heterocycles. The van der Waals surface area contributed by atoms with Crippen molar-refractivity contribution in [3.8, 4) is 0 Å². The van der Waals surface area contributed by atoms with Crippen LogP contribution in [0.4, 0.5) is 28.0 Å². The normalized spacial score (nSPS) is 11.5. The van der Waals surface area contributed by atoms with Crippen LogP contribution in [0.15, 0.2) is 42.6 Å². The van der Waals surface area contributed by atoms with Gasteiger partial charge in [-0.25, -0.2) is 9.18 Å². The Morgan fingerprint density at radius 3 is 2.52 bits per heavy atom. The molecule has 0 bridgehead atoms. The molecule has 1 heterocycles.